The Morgan fingerprint density at radius 2 is 2.08 bits per heavy atom. The number of hydrogen-bond donors (Lipinski definition) is 1. The molecule has 0 saturated carbocycles. The Bertz CT molecular complexity index is 258. The first-order chi connectivity index (χ1) is 5.77. The van der Waals surface area contributed by atoms with Gasteiger partial charge in [-0.1, -0.05) is 6.92 Å². The molecule has 1 N–H and O–H groups in total. The average Bonchev–Trinajstić information content (AvgIpc) is 2.09. The molecule has 0 unspecified atom stereocenters. The van der Waals surface area contributed by atoms with Gasteiger partial charge in [-0.3, -0.25) is 0 Å². The number of benzene rings is 1. The summed E-state index contributed by atoms with van der Waals surface area (Å²) in [6.07, 6.45) is 0.741. The summed E-state index contributed by atoms with van der Waals surface area (Å²) >= 11 is 0. The second-order valence-electron chi connectivity index (χ2n) is 2.69. The average molecular weight is 167 g/mol. The van der Waals surface area contributed by atoms with Gasteiger partial charge in [-0.05, 0) is 37.1 Å². The number of rotatable bonds is 3. The van der Waals surface area contributed by atoms with Gasteiger partial charge in [0, 0.05) is 12.2 Å². The Labute approximate surface area is 72.6 Å². The van der Waals surface area contributed by atoms with E-state index in [-0.39, 0.29) is 5.82 Å². The van der Waals surface area contributed by atoms with Gasteiger partial charge in [-0.25, -0.2) is 4.39 Å². The molecule has 0 aliphatic carbocycles. The van der Waals surface area contributed by atoms with Gasteiger partial charge < -0.3 is 5.32 Å². The standard InChI is InChI=1S/C10H14FN/c1-3-8-7-9(12-4-2)5-6-10(8)11/h5-7,12H,3-4H2,1-2H3. The van der Waals surface area contributed by atoms with Crippen LogP contribution in [0.4, 0.5) is 10.1 Å². The van der Waals surface area contributed by atoms with Crippen molar-refractivity contribution >= 4 is 5.69 Å². The van der Waals surface area contributed by atoms with E-state index in [4.69, 9.17) is 0 Å². The molecule has 0 atom stereocenters. The van der Waals surface area contributed by atoms with Crippen molar-refractivity contribution in [2.45, 2.75) is 20.3 Å². The highest BCUT2D eigenvalue weighted by atomic mass is 19.1. The lowest BCUT2D eigenvalue weighted by Crippen LogP contribution is -1.98. The molecule has 1 nitrogen and oxygen atoms in total. The van der Waals surface area contributed by atoms with Crippen LogP contribution >= 0.6 is 0 Å². The van der Waals surface area contributed by atoms with Crippen molar-refractivity contribution < 1.29 is 4.39 Å². The Balaban J connectivity index is 2.89. The fraction of sp³-hybridized carbons (Fsp3) is 0.400. The van der Waals surface area contributed by atoms with Crippen LogP contribution in [-0.2, 0) is 6.42 Å². The SMILES string of the molecule is CCNc1ccc(F)c(CC)c1. The van der Waals surface area contributed by atoms with Crippen molar-refractivity contribution in [3.8, 4) is 0 Å². The van der Waals surface area contributed by atoms with E-state index in [0.29, 0.717) is 0 Å². The lowest BCUT2D eigenvalue weighted by Gasteiger charge is -2.05. The van der Waals surface area contributed by atoms with Gasteiger partial charge in [-0.2, -0.15) is 0 Å². The van der Waals surface area contributed by atoms with Crippen molar-refractivity contribution in [1.29, 1.82) is 0 Å². The van der Waals surface area contributed by atoms with Crippen molar-refractivity contribution in [3.63, 3.8) is 0 Å². The van der Waals surface area contributed by atoms with E-state index in [2.05, 4.69) is 5.32 Å². The summed E-state index contributed by atoms with van der Waals surface area (Å²) in [5.74, 6) is -0.112. The fourth-order valence-corrected chi connectivity index (χ4v) is 1.16. The highest BCUT2D eigenvalue weighted by Crippen LogP contribution is 2.14. The van der Waals surface area contributed by atoms with Gasteiger partial charge in [0.05, 0.1) is 0 Å². The smallest absolute Gasteiger partial charge is 0.126 e. The highest BCUT2D eigenvalue weighted by Gasteiger charge is 1.99. The topological polar surface area (TPSA) is 12.0 Å². The minimum absolute atomic E-state index is 0.112. The van der Waals surface area contributed by atoms with Gasteiger partial charge in [0.2, 0.25) is 0 Å². The molecular formula is C10H14FN. The van der Waals surface area contributed by atoms with E-state index in [0.717, 1.165) is 24.2 Å². The Kier molecular flexibility index (Phi) is 3.09. The van der Waals surface area contributed by atoms with E-state index < -0.39 is 0 Å². The van der Waals surface area contributed by atoms with Crippen molar-refractivity contribution in [1.82, 2.24) is 0 Å². The number of aryl methyl sites for hydroxylation is 1. The van der Waals surface area contributed by atoms with Crippen LogP contribution < -0.4 is 5.32 Å². The number of nitrogens with one attached hydrogen (secondary N) is 1. The molecular weight excluding hydrogens is 153 g/mol. The first-order valence-corrected chi connectivity index (χ1v) is 4.30. The number of hydrogen-bond acceptors (Lipinski definition) is 1. The monoisotopic (exact) mass is 167 g/mol. The Morgan fingerprint density at radius 1 is 1.33 bits per heavy atom. The molecule has 66 valence electrons. The van der Waals surface area contributed by atoms with Gasteiger partial charge in [0.1, 0.15) is 5.82 Å². The molecule has 1 aromatic carbocycles. The van der Waals surface area contributed by atoms with Crippen LogP contribution in [-0.4, -0.2) is 6.54 Å². The molecule has 0 aromatic heterocycles. The molecule has 0 amide bonds. The molecule has 1 rings (SSSR count). The van der Waals surface area contributed by atoms with Crippen molar-refractivity contribution in [3.05, 3.63) is 29.6 Å². The van der Waals surface area contributed by atoms with Gasteiger partial charge in [0.15, 0.2) is 0 Å². The summed E-state index contributed by atoms with van der Waals surface area (Å²) in [5.41, 5.74) is 1.77. The van der Waals surface area contributed by atoms with Crippen LogP contribution in [0.15, 0.2) is 18.2 Å². The summed E-state index contributed by atoms with van der Waals surface area (Å²) in [7, 11) is 0. The molecule has 12 heavy (non-hydrogen) atoms. The zero-order valence-corrected chi connectivity index (χ0v) is 7.52. The fourth-order valence-electron chi connectivity index (χ4n) is 1.16. The molecule has 0 fully saturated rings. The normalized spacial score (nSPS) is 9.92. The molecule has 1 aromatic rings. The van der Waals surface area contributed by atoms with Crippen molar-refractivity contribution in [2.24, 2.45) is 0 Å². The lowest BCUT2D eigenvalue weighted by atomic mass is 10.1. The van der Waals surface area contributed by atoms with E-state index in [1.807, 2.05) is 19.9 Å². The van der Waals surface area contributed by atoms with Crippen LogP contribution in [0.2, 0.25) is 0 Å². The summed E-state index contributed by atoms with van der Waals surface area (Å²) in [4.78, 5) is 0. The van der Waals surface area contributed by atoms with Crippen LogP contribution in [0.25, 0.3) is 0 Å². The predicted molar refractivity (Wildman–Crippen MR) is 49.9 cm³/mol. The molecule has 0 bridgehead atoms. The van der Waals surface area contributed by atoms with Gasteiger partial charge in [-0.15, -0.1) is 0 Å². The quantitative estimate of drug-likeness (QED) is 0.730. The predicted octanol–water partition coefficient (Wildman–Crippen LogP) is 2.82. The largest absolute Gasteiger partial charge is 0.385 e. The highest BCUT2D eigenvalue weighted by molar-refractivity contribution is 5.46. The lowest BCUT2D eigenvalue weighted by molar-refractivity contribution is 0.612. The molecule has 0 saturated heterocycles. The zero-order valence-electron chi connectivity index (χ0n) is 7.52. The van der Waals surface area contributed by atoms with Crippen LogP contribution in [0.5, 0.6) is 0 Å². The summed E-state index contributed by atoms with van der Waals surface area (Å²) < 4.78 is 13.0. The van der Waals surface area contributed by atoms with E-state index in [1.54, 1.807) is 6.07 Å². The van der Waals surface area contributed by atoms with Crippen molar-refractivity contribution in [2.75, 3.05) is 11.9 Å². The molecule has 2 heteroatoms. The third-order valence-electron chi connectivity index (χ3n) is 1.81. The first-order valence-electron chi connectivity index (χ1n) is 4.30. The van der Waals surface area contributed by atoms with Crippen LogP contribution in [0.1, 0.15) is 19.4 Å². The second kappa shape index (κ2) is 4.10. The van der Waals surface area contributed by atoms with E-state index >= 15 is 0 Å². The summed E-state index contributed by atoms with van der Waals surface area (Å²) in [6.45, 7) is 4.85. The second-order valence-corrected chi connectivity index (χ2v) is 2.69. The number of halogens is 1. The maximum atomic E-state index is 13.0. The Hall–Kier alpha value is -1.05. The Morgan fingerprint density at radius 3 is 2.67 bits per heavy atom. The molecule has 0 aliphatic rings. The molecule has 0 heterocycles. The minimum atomic E-state index is -0.112. The maximum absolute atomic E-state index is 13.0. The van der Waals surface area contributed by atoms with Gasteiger partial charge >= 0.3 is 0 Å². The third kappa shape index (κ3) is 1.97. The molecule has 0 radical (unpaired) electrons. The van der Waals surface area contributed by atoms with Gasteiger partial charge in [0.25, 0.3) is 0 Å². The number of anilines is 1. The third-order valence-corrected chi connectivity index (χ3v) is 1.81. The van der Waals surface area contributed by atoms with Crippen LogP contribution in [0.3, 0.4) is 0 Å². The van der Waals surface area contributed by atoms with E-state index in [9.17, 15) is 4.39 Å². The molecule has 0 aliphatic heterocycles. The zero-order chi connectivity index (χ0) is 8.97. The first kappa shape index (κ1) is 9.04. The maximum Gasteiger partial charge on any atom is 0.126 e. The minimum Gasteiger partial charge on any atom is -0.385 e. The summed E-state index contributed by atoms with van der Waals surface area (Å²) in [5, 5.41) is 3.14. The molecule has 0 spiro atoms. The van der Waals surface area contributed by atoms with Crippen LogP contribution in [0, 0.1) is 5.82 Å². The van der Waals surface area contributed by atoms with E-state index in [1.165, 1.54) is 6.07 Å². The summed E-state index contributed by atoms with van der Waals surface area (Å²) in [6, 6.07) is 5.13.